The molecule has 0 N–H and O–H groups in total. The average molecular weight is 456 g/mol. The number of hydrogen-bond acceptors (Lipinski definition) is 4. The van der Waals surface area contributed by atoms with Gasteiger partial charge in [0.05, 0.1) is 31.5 Å². The Bertz CT molecular complexity index is 1150. The molecule has 150 valence electrons. The van der Waals surface area contributed by atoms with Crippen LogP contribution in [0.3, 0.4) is 0 Å². The summed E-state index contributed by atoms with van der Waals surface area (Å²) >= 11 is 3.72. The van der Waals surface area contributed by atoms with Crippen molar-refractivity contribution in [1.29, 1.82) is 0 Å². The molecule has 29 heavy (non-hydrogen) atoms. The van der Waals surface area contributed by atoms with Crippen LogP contribution in [0.5, 0.6) is 17.2 Å². The molecule has 5 nitrogen and oxygen atoms in total. The third-order valence-electron chi connectivity index (χ3n) is 4.74. The lowest BCUT2D eigenvalue weighted by atomic mass is 9.98. The van der Waals surface area contributed by atoms with E-state index in [9.17, 15) is 4.79 Å². The lowest BCUT2D eigenvalue weighted by Crippen LogP contribution is -2.27. The predicted octanol–water partition coefficient (Wildman–Crippen LogP) is 5.83. The SMILES string of the molecule is C=CC(=O)N(C(=C)C)c1c(Br)c2ccc(OC)cc2c2cc(OC)c(OC)cc12. The van der Waals surface area contributed by atoms with Crippen molar-refractivity contribution in [2.24, 2.45) is 0 Å². The van der Waals surface area contributed by atoms with Gasteiger partial charge in [0.15, 0.2) is 11.5 Å². The molecule has 0 atom stereocenters. The Hall–Kier alpha value is -2.99. The van der Waals surface area contributed by atoms with E-state index in [1.54, 1.807) is 28.3 Å². The summed E-state index contributed by atoms with van der Waals surface area (Å²) in [6.07, 6.45) is 1.27. The number of anilines is 1. The molecule has 0 fully saturated rings. The largest absolute Gasteiger partial charge is 0.497 e. The van der Waals surface area contributed by atoms with E-state index >= 15 is 0 Å². The Morgan fingerprint density at radius 3 is 2.07 bits per heavy atom. The number of ether oxygens (including phenoxy) is 3. The van der Waals surface area contributed by atoms with Crippen molar-refractivity contribution in [3.05, 3.63) is 59.7 Å². The van der Waals surface area contributed by atoms with Crippen molar-refractivity contribution < 1.29 is 19.0 Å². The van der Waals surface area contributed by atoms with Gasteiger partial charge < -0.3 is 14.2 Å². The molecular formula is C23H22BrNO4. The first-order valence-corrected chi connectivity index (χ1v) is 9.64. The maximum atomic E-state index is 12.7. The van der Waals surface area contributed by atoms with Crippen molar-refractivity contribution in [2.75, 3.05) is 26.2 Å². The predicted molar refractivity (Wildman–Crippen MR) is 121 cm³/mol. The van der Waals surface area contributed by atoms with Gasteiger partial charge in [-0.1, -0.05) is 13.2 Å². The molecule has 0 bridgehead atoms. The lowest BCUT2D eigenvalue weighted by Gasteiger charge is -2.26. The second-order valence-corrected chi connectivity index (χ2v) is 7.23. The fourth-order valence-corrected chi connectivity index (χ4v) is 4.14. The number of allylic oxidation sites excluding steroid dienone is 1. The fourth-order valence-electron chi connectivity index (χ4n) is 3.41. The highest BCUT2D eigenvalue weighted by Crippen LogP contribution is 2.47. The van der Waals surface area contributed by atoms with Crippen LogP contribution in [0.25, 0.3) is 21.5 Å². The Kier molecular flexibility index (Phi) is 5.84. The quantitative estimate of drug-likeness (QED) is 0.346. The minimum atomic E-state index is -0.276. The van der Waals surface area contributed by atoms with Crippen LogP contribution in [0.2, 0.25) is 0 Å². The van der Waals surface area contributed by atoms with Crippen molar-refractivity contribution in [3.63, 3.8) is 0 Å². The Morgan fingerprint density at radius 1 is 0.966 bits per heavy atom. The Labute approximate surface area is 178 Å². The highest BCUT2D eigenvalue weighted by molar-refractivity contribution is 9.10. The third kappa shape index (κ3) is 3.44. The van der Waals surface area contributed by atoms with Crippen LogP contribution >= 0.6 is 15.9 Å². The number of carbonyl (C=O) groups excluding carboxylic acids is 1. The molecule has 0 heterocycles. The van der Waals surface area contributed by atoms with E-state index in [-0.39, 0.29) is 5.91 Å². The third-order valence-corrected chi connectivity index (χ3v) is 5.54. The number of nitrogens with zero attached hydrogens (tertiary/aromatic N) is 1. The van der Waals surface area contributed by atoms with Gasteiger partial charge in [-0.25, -0.2) is 0 Å². The van der Waals surface area contributed by atoms with E-state index in [0.717, 1.165) is 31.8 Å². The molecule has 0 aromatic heterocycles. The highest BCUT2D eigenvalue weighted by atomic mass is 79.9. The zero-order chi connectivity index (χ0) is 21.3. The average Bonchev–Trinajstić information content (AvgIpc) is 2.74. The van der Waals surface area contributed by atoms with Crippen molar-refractivity contribution in [2.45, 2.75) is 6.92 Å². The van der Waals surface area contributed by atoms with Crippen LogP contribution in [-0.2, 0) is 4.79 Å². The van der Waals surface area contributed by atoms with Gasteiger partial charge in [0.2, 0.25) is 0 Å². The first kappa shape index (κ1) is 20.7. The van der Waals surface area contributed by atoms with Gasteiger partial charge in [-0.2, -0.15) is 0 Å². The molecule has 3 aromatic carbocycles. The molecule has 0 saturated heterocycles. The molecule has 3 aromatic rings. The van der Waals surface area contributed by atoms with Crippen molar-refractivity contribution in [3.8, 4) is 17.2 Å². The van der Waals surface area contributed by atoms with E-state index < -0.39 is 0 Å². The highest BCUT2D eigenvalue weighted by Gasteiger charge is 2.24. The zero-order valence-electron chi connectivity index (χ0n) is 16.8. The summed E-state index contributed by atoms with van der Waals surface area (Å²) in [5, 5.41) is 3.55. The summed E-state index contributed by atoms with van der Waals surface area (Å²) in [6, 6.07) is 9.55. The van der Waals surface area contributed by atoms with Gasteiger partial charge in [0.1, 0.15) is 5.75 Å². The minimum absolute atomic E-state index is 0.276. The number of methoxy groups -OCH3 is 3. The standard InChI is InChI=1S/C23H22BrNO4/c1-7-21(26)25(13(2)3)23-18-12-20(29-6)19(28-5)11-17(18)16-10-14(27-4)8-9-15(16)22(23)24/h7-12H,1-2H2,3-6H3. The molecule has 0 unspecified atom stereocenters. The normalized spacial score (nSPS) is 10.7. The molecule has 0 aliphatic carbocycles. The minimum Gasteiger partial charge on any atom is -0.497 e. The maximum Gasteiger partial charge on any atom is 0.254 e. The first-order chi connectivity index (χ1) is 13.9. The van der Waals surface area contributed by atoms with Crippen LogP contribution in [0.15, 0.2) is 59.7 Å². The van der Waals surface area contributed by atoms with E-state index in [2.05, 4.69) is 29.1 Å². The maximum absolute atomic E-state index is 12.7. The summed E-state index contributed by atoms with van der Waals surface area (Å²) in [5.41, 5.74) is 1.23. The number of halogens is 1. The molecule has 3 rings (SSSR count). The van der Waals surface area contributed by atoms with Gasteiger partial charge >= 0.3 is 0 Å². The summed E-state index contributed by atoms with van der Waals surface area (Å²) in [6.45, 7) is 9.41. The Balaban J connectivity index is 2.58. The summed E-state index contributed by atoms with van der Waals surface area (Å²) in [7, 11) is 4.80. The van der Waals surface area contributed by atoms with Gasteiger partial charge in [-0.05, 0) is 75.4 Å². The molecule has 1 amide bonds. The monoisotopic (exact) mass is 455 g/mol. The molecule has 6 heteroatoms. The van der Waals surface area contributed by atoms with E-state index in [1.807, 2.05) is 30.3 Å². The molecule has 0 radical (unpaired) electrons. The van der Waals surface area contributed by atoms with E-state index in [0.29, 0.717) is 22.9 Å². The van der Waals surface area contributed by atoms with Crippen LogP contribution in [-0.4, -0.2) is 27.2 Å². The van der Waals surface area contributed by atoms with Crippen LogP contribution < -0.4 is 19.1 Å². The van der Waals surface area contributed by atoms with E-state index in [4.69, 9.17) is 14.2 Å². The molecule has 0 saturated carbocycles. The number of hydrogen-bond donors (Lipinski definition) is 0. The van der Waals surface area contributed by atoms with Crippen LogP contribution in [0.4, 0.5) is 5.69 Å². The first-order valence-electron chi connectivity index (χ1n) is 8.84. The van der Waals surface area contributed by atoms with Gasteiger partial charge in [-0.15, -0.1) is 0 Å². The second kappa shape index (κ2) is 8.17. The number of benzene rings is 3. The number of carbonyl (C=O) groups is 1. The Morgan fingerprint density at radius 2 is 1.55 bits per heavy atom. The van der Waals surface area contributed by atoms with Crippen LogP contribution in [0, 0.1) is 0 Å². The molecule has 0 spiro atoms. The summed E-state index contributed by atoms with van der Waals surface area (Å²) in [5.74, 6) is 1.60. The lowest BCUT2D eigenvalue weighted by molar-refractivity contribution is -0.113. The second-order valence-electron chi connectivity index (χ2n) is 6.44. The zero-order valence-corrected chi connectivity index (χ0v) is 18.4. The van der Waals surface area contributed by atoms with Crippen molar-refractivity contribution in [1.82, 2.24) is 0 Å². The summed E-state index contributed by atoms with van der Waals surface area (Å²) in [4.78, 5) is 14.3. The van der Waals surface area contributed by atoms with Crippen molar-refractivity contribution >= 4 is 49.1 Å². The number of rotatable bonds is 6. The summed E-state index contributed by atoms with van der Waals surface area (Å²) < 4.78 is 17.2. The molecule has 0 aliphatic heterocycles. The molecular weight excluding hydrogens is 434 g/mol. The van der Waals surface area contributed by atoms with Gasteiger partial charge in [0.25, 0.3) is 5.91 Å². The number of fused-ring (bicyclic) bond motifs is 3. The number of amides is 1. The fraction of sp³-hybridized carbons (Fsp3) is 0.174. The topological polar surface area (TPSA) is 48.0 Å². The molecule has 0 aliphatic rings. The van der Waals surface area contributed by atoms with Gasteiger partial charge in [-0.3, -0.25) is 9.69 Å². The van der Waals surface area contributed by atoms with Crippen LogP contribution in [0.1, 0.15) is 6.92 Å². The van der Waals surface area contributed by atoms with E-state index in [1.165, 1.54) is 11.0 Å². The van der Waals surface area contributed by atoms with Gasteiger partial charge in [0, 0.05) is 11.1 Å². The smallest absolute Gasteiger partial charge is 0.254 e.